The van der Waals surface area contributed by atoms with Crippen molar-refractivity contribution in [1.82, 2.24) is 9.88 Å². The van der Waals surface area contributed by atoms with Crippen LogP contribution in [0.3, 0.4) is 0 Å². The molecule has 2 atom stereocenters. The molecule has 5 nitrogen and oxygen atoms in total. The van der Waals surface area contributed by atoms with E-state index in [1.165, 1.54) is 12.3 Å². The molecule has 19 heavy (non-hydrogen) atoms. The molecule has 0 spiro atoms. The highest BCUT2D eigenvalue weighted by molar-refractivity contribution is 5.93. The van der Waals surface area contributed by atoms with E-state index in [0.29, 0.717) is 19.0 Å². The molecule has 2 heterocycles. The highest BCUT2D eigenvalue weighted by Gasteiger charge is 2.27. The van der Waals surface area contributed by atoms with Crippen LogP contribution in [0.4, 0.5) is 0 Å². The molecule has 0 aliphatic carbocycles. The van der Waals surface area contributed by atoms with E-state index in [9.17, 15) is 9.59 Å². The molecular weight excluding hydrogens is 242 g/mol. The maximum Gasteiger partial charge on any atom is 0.259 e. The van der Waals surface area contributed by atoms with Crippen LogP contribution >= 0.6 is 0 Å². The Hall–Kier alpha value is -1.62. The fourth-order valence-electron chi connectivity index (χ4n) is 2.53. The van der Waals surface area contributed by atoms with Gasteiger partial charge in [0.2, 0.25) is 0 Å². The molecule has 2 unspecified atom stereocenters. The third-order valence-electron chi connectivity index (χ3n) is 3.78. The first-order valence-corrected chi connectivity index (χ1v) is 6.73. The summed E-state index contributed by atoms with van der Waals surface area (Å²) in [6.45, 7) is 5.11. The Morgan fingerprint density at radius 1 is 1.58 bits per heavy atom. The molecular formula is C14H21N3O2. The number of carbonyl (C=O) groups is 1. The van der Waals surface area contributed by atoms with Gasteiger partial charge in [0.25, 0.3) is 5.91 Å². The second-order valence-electron chi connectivity index (χ2n) is 5.41. The molecule has 0 radical (unpaired) electrons. The average molecular weight is 263 g/mol. The first-order valence-electron chi connectivity index (χ1n) is 6.73. The van der Waals surface area contributed by atoms with E-state index in [1.807, 2.05) is 6.92 Å². The van der Waals surface area contributed by atoms with Crippen molar-refractivity contribution in [2.45, 2.75) is 32.7 Å². The second kappa shape index (κ2) is 5.57. The number of carbonyl (C=O) groups excluding carboxylic acids is 1. The zero-order valence-corrected chi connectivity index (χ0v) is 11.5. The van der Waals surface area contributed by atoms with Crippen LogP contribution in [0.25, 0.3) is 0 Å². The van der Waals surface area contributed by atoms with Gasteiger partial charge in [0.15, 0.2) is 5.43 Å². The standard InChI is InChI=1S/C14H21N3O2/c1-9-6-13(18)12(7-16-9)14(19)17-5-3-4-11(8-17)10(2)15/h6-7,10-11H,3-5,8,15H2,1-2H3,(H,16,18). The van der Waals surface area contributed by atoms with E-state index < -0.39 is 0 Å². The van der Waals surface area contributed by atoms with Crippen molar-refractivity contribution in [3.8, 4) is 0 Å². The SMILES string of the molecule is Cc1cc(=O)c(C(=O)N2CCCC(C(C)N)C2)c[nH]1. The predicted molar refractivity (Wildman–Crippen MR) is 74.1 cm³/mol. The molecule has 5 heteroatoms. The fraction of sp³-hybridized carbons (Fsp3) is 0.571. The number of nitrogens with one attached hydrogen (secondary N) is 1. The van der Waals surface area contributed by atoms with Gasteiger partial charge in [0, 0.05) is 37.1 Å². The highest BCUT2D eigenvalue weighted by Crippen LogP contribution is 2.19. The van der Waals surface area contributed by atoms with Crippen LogP contribution in [0.1, 0.15) is 35.8 Å². The summed E-state index contributed by atoms with van der Waals surface area (Å²) in [6.07, 6.45) is 3.50. The van der Waals surface area contributed by atoms with Crippen molar-refractivity contribution in [1.29, 1.82) is 0 Å². The summed E-state index contributed by atoms with van der Waals surface area (Å²) >= 11 is 0. The van der Waals surface area contributed by atoms with Gasteiger partial charge in [-0.15, -0.1) is 0 Å². The summed E-state index contributed by atoms with van der Waals surface area (Å²) < 4.78 is 0. The number of rotatable bonds is 2. The predicted octanol–water partition coefficient (Wildman–Crippen LogP) is 0.883. The lowest BCUT2D eigenvalue weighted by atomic mass is 9.92. The maximum atomic E-state index is 12.4. The molecule has 1 amide bonds. The zero-order chi connectivity index (χ0) is 14.0. The number of nitrogens with two attached hydrogens (primary N) is 1. The van der Waals surface area contributed by atoms with Crippen LogP contribution in [-0.4, -0.2) is 34.9 Å². The first-order chi connectivity index (χ1) is 8.99. The lowest BCUT2D eigenvalue weighted by molar-refractivity contribution is 0.0659. The number of nitrogens with zero attached hydrogens (tertiary/aromatic N) is 1. The third kappa shape index (κ3) is 3.04. The summed E-state index contributed by atoms with van der Waals surface area (Å²) in [5.74, 6) is 0.133. The Kier molecular flexibility index (Phi) is 4.04. The van der Waals surface area contributed by atoms with E-state index in [1.54, 1.807) is 11.8 Å². The Labute approximate surface area is 112 Å². The zero-order valence-electron chi connectivity index (χ0n) is 11.5. The monoisotopic (exact) mass is 263 g/mol. The van der Waals surface area contributed by atoms with Gasteiger partial charge in [-0.1, -0.05) is 0 Å². The number of hydrogen-bond acceptors (Lipinski definition) is 3. The van der Waals surface area contributed by atoms with Gasteiger partial charge in [-0.05, 0) is 32.6 Å². The van der Waals surface area contributed by atoms with Crippen molar-refractivity contribution >= 4 is 5.91 Å². The van der Waals surface area contributed by atoms with Crippen molar-refractivity contribution in [3.63, 3.8) is 0 Å². The molecule has 104 valence electrons. The van der Waals surface area contributed by atoms with Crippen LogP contribution in [0.5, 0.6) is 0 Å². The smallest absolute Gasteiger partial charge is 0.259 e. The van der Waals surface area contributed by atoms with Crippen LogP contribution < -0.4 is 11.2 Å². The average Bonchev–Trinajstić information content (AvgIpc) is 2.38. The number of piperidine rings is 1. The normalized spacial score (nSPS) is 21.2. The molecule has 1 aliphatic rings. The van der Waals surface area contributed by atoms with E-state index in [4.69, 9.17) is 5.73 Å². The third-order valence-corrected chi connectivity index (χ3v) is 3.78. The highest BCUT2D eigenvalue weighted by atomic mass is 16.2. The van der Waals surface area contributed by atoms with Crippen LogP contribution in [-0.2, 0) is 0 Å². The molecule has 0 aromatic carbocycles. The van der Waals surface area contributed by atoms with Crippen LogP contribution in [0, 0.1) is 12.8 Å². The van der Waals surface area contributed by atoms with Crippen molar-refractivity contribution in [2.75, 3.05) is 13.1 Å². The minimum atomic E-state index is -0.218. The summed E-state index contributed by atoms with van der Waals surface area (Å²) in [7, 11) is 0. The summed E-state index contributed by atoms with van der Waals surface area (Å²) in [4.78, 5) is 28.9. The van der Waals surface area contributed by atoms with Gasteiger partial charge < -0.3 is 15.6 Å². The van der Waals surface area contributed by atoms with Gasteiger partial charge in [-0.3, -0.25) is 9.59 Å². The van der Waals surface area contributed by atoms with E-state index in [0.717, 1.165) is 18.5 Å². The summed E-state index contributed by atoms with van der Waals surface area (Å²) in [5, 5.41) is 0. The molecule has 3 N–H and O–H groups in total. The number of aromatic nitrogens is 1. The largest absolute Gasteiger partial charge is 0.364 e. The Morgan fingerprint density at radius 2 is 2.32 bits per heavy atom. The Morgan fingerprint density at radius 3 is 2.95 bits per heavy atom. The van der Waals surface area contributed by atoms with Gasteiger partial charge in [0.05, 0.1) is 0 Å². The summed E-state index contributed by atoms with van der Waals surface area (Å²) in [5.41, 5.74) is 6.67. The lowest BCUT2D eigenvalue weighted by Gasteiger charge is -2.34. The van der Waals surface area contributed by atoms with Gasteiger partial charge in [-0.25, -0.2) is 0 Å². The molecule has 1 aromatic rings. The maximum absolute atomic E-state index is 12.4. The van der Waals surface area contributed by atoms with Gasteiger partial charge in [0.1, 0.15) is 5.56 Å². The number of amides is 1. The van der Waals surface area contributed by atoms with Gasteiger partial charge >= 0.3 is 0 Å². The van der Waals surface area contributed by atoms with Crippen molar-refractivity contribution < 1.29 is 4.79 Å². The molecule has 1 fully saturated rings. The van der Waals surface area contributed by atoms with E-state index in [2.05, 4.69) is 4.98 Å². The van der Waals surface area contributed by atoms with Gasteiger partial charge in [-0.2, -0.15) is 0 Å². The topological polar surface area (TPSA) is 79.2 Å². The number of aromatic amines is 1. The summed E-state index contributed by atoms with van der Waals surface area (Å²) in [6, 6.07) is 1.53. The molecule has 0 bridgehead atoms. The molecule has 1 aromatic heterocycles. The Balaban J connectivity index is 2.17. The number of likely N-dealkylation sites (tertiary alicyclic amines) is 1. The number of aryl methyl sites for hydroxylation is 1. The fourth-order valence-corrected chi connectivity index (χ4v) is 2.53. The van der Waals surface area contributed by atoms with E-state index in [-0.39, 0.29) is 22.9 Å². The van der Waals surface area contributed by atoms with Crippen LogP contribution in [0.2, 0.25) is 0 Å². The van der Waals surface area contributed by atoms with Crippen LogP contribution in [0.15, 0.2) is 17.1 Å². The first kappa shape index (κ1) is 13.8. The van der Waals surface area contributed by atoms with Crippen molar-refractivity contribution in [3.05, 3.63) is 33.7 Å². The second-order valence-corrected chi connectivity index (χ2v) is 5.41. The number of pyridine rings is 1. The Bertz CT molecular complexity index is 522. The molecule has 1 saturated heterocycles. The molecule has 2 rings (SSSR count). The van der Waals surface area contributed by atoms with E-state index >= 15 is 0 Å². The quantitative estimate of drug-likeness (QED) is 0.831. The number of H-pyrrole nitrogens is 1. The minimum absolute atomic E-state index is 0.0758. The molecule has 1 aliphatic heterocycles. The van der Waals surface area contributed by atoms with Crippen molar-refractivity contribution in [2.24, 2.45) is 11.7 Å². The molecule has 0 saturated carbocycles. The lowest BCUT2D eigenvalue weighted by Crippen LogP contribution is -2.46. The number of hydrogen-bond donors (Lipinski definition) is 2. The minimum Gasteiger partial charge on any atom is -0.364 e.